The van der Waals surface area contributed by atoms with E-state index < -0.39 is 0 Å². The minimum Gasteiger partial charge on any atom is -0.368 e. The van der Waals surface area contributed by atoms with Gasteiger partial charge in [0.2, 0.25) is 5.95 Å². The van der Waals surface area contributed by atoms with Crippen molar-refractivity contribution in [3.63, 3.8) is 0 Å². The molecule has 0 spiro atoms. The summed E-state index contributed by atoms with van der Waals surface area (Å²) in [6.07, 6.45) is 1.67. The number of rotatable bonds is 5. The molecule has 1 saturated heterocycles. The van der Waals surface area contributed by atoms with E-state index in [-0.39, 0.29) is 5.91 Å². The standard InChI is InChI=1S/C19H24ClN5O/c1-3-23(4-2)18(26)17-8-9-21-19(22-17)25-12-10-24(11-13-25)16-7-5-6-15(20)14-16/h5-9,14H,3-4,10-13H2,1-2H3. The van der Waals surface area contributed by atoms with Crippen molar-refractivity contribution in [2.75, 3.05) is 49.1 Å². The molecule has 2 heterocycles. The van der Waals surface area contributed by atoms with Crippen LogP contribution < -0.4 is 9.80 Å². The maximum atomic E-state index is 12.5. The van der Waals surface area contributed by atoms with E-state index in [1.54, 1.807) is 17.2 Å². The monoisotopic (exact) mass is 373 g/mol. The third kappa shape index (κ3) is 4.07. The number of benzene rings is 1. The highest BCUT2D eigenvalue weighted by Gasteiger charge is 2.21. The molecule has 1 aromatic carbocycles. The van der Waals surface area contributed by atoms with Crippen LogP contribution in [0.25, 0.3) is 0 Å². The number of piperazine rings is 1. The normalized spacial score (nSPS) is 14.4. The van der Waals surface area contributed by atoms with E-state index in [9.17, 15) is 4.79 Å². The minimum absolute atomic E-state index is 0.0452. The van der Waals surface area contributed by atoms with Crippen molar-refractivity contribution in [2.45, 2.75) is 13.8 Å². The summed E-state index contributed by atoms with van der Waals surface area (Å²) in [4.78, 5) is 27.6. The van der Waals surface area contributed by atoms with Crippen LogP contribution in [-0.2, 0) is 0 Å². The molecule has 1 aliphatic heterocycles. The predicted molar refractivity (Wildman–Crippen MR) is 105 cm³/mol. The summed E-state index contributed by atoms with van der Waals surface area (Å²) < 4.78 is 0. The van der Waals surface area contributed by atoms with Gasteiger partial charge in [-0.1, -0.05) is 17.7 Å². The van der Waals surface area contributed by atoms with Crippen LogP contribution in [0.3, 0.4) is 0 Å². The van der Waals surface area contributed by atoms with Crippen LogP contribution >= 0.6 is 11.6 Å². The van der Waals surface area contributed by atoms with Gasteiger partial charge in [0.05, 0.1) is 0 Å². The van der Waals surface area contributed by atoms with Gasteiger partial charge in [0, 0.05) is 56.2 Å². The van der Waals surface area contributed by atoms with Gasteiger partial charge in [-0.05, 0) is 38.1 Å². The van der Waals surface area contributed by atoms with Gasteiger partial charge in [-0.15, -0.1) is 0 Å². The Hall–Kier alpha value is -2.34. The van der Waals surface area contributed by atoms with Crippen molar-refractivity contribution in [1.82, 2.24) is 14.9 Å². The van der Waals surface area contributed by atoms with Crippen molar-refractivity contribution in [1.29, 1.82) is 0 Å². The summed E-state index contributed by atoms with van der Waals surface area (Å²) in [6.45, 7) is 8.61. The van der Waals surface area contributed by atoms with Gasteiger partial charge in [-0.3, -0.25) is 4.79 Å². The Kier molecular flexibility index (Phi) is 5.93. The van der Waals surface area contributed by atoms with Gasteiger partial charge in [0.1, 0.15) is 5.69 Å². The smallest absolute Gasteiger partial charge is 0.272 e. The Bertz CT molecular complexity index is 757. The molecule has 1 aromatic heterocycles. The van der Waals surface area contributed by atoms with Crippen LogP contribution in [0, 0.1) is 0 Å². The van der Waals surface area contributed by atoms with E-state index in [2.05, 4.69) is 25.8 Å². The highest BCUT2D eigenvalue weighted by molar-refractivity contribution is 6.30. The van der Waals surface area contributed by atoms with E-state index in [0.29, 0.717) is 24.7 Å². The Morgan fingerprint density at radius 1 is 1.12 bits per heavy atom. The molecule has 3 rings (SSSR count). The molecule has 1 amide bonds. The SMILES string of the molecule is CCN(CC)C(=O)c1ccnc(N2CCN(c3cccc(Cl)c3)CC2)n1. The number of anilines is 2. The molecule has 0 saturated carbocycles. The van der Waals surface area contributed by atoms with Crippen LogP contribution in [0.4, 0.5) is 11.6 Å². The summed E-state index contributed by atoms with van der Waals surface area (Å²) in [5, 5.41) is 0.746. The molecule has 0 aliphatic carbocycles. The molecule has 26 heavy (non-hydrogen) atoms. The number of nitrogens with zero attached hydrogens (tertiary/aromatic N) is 5. The van der Waals surface area contributed by atoms with Gasteiger partial charge in [-0.2, -0.15) is 0 Å². The number of halogens is 1. The first-order chi connectivity index (χ1) is 12.6. The number of amides is 1. The lowest BCUT2D eigenvalue weighted by atomic mass is 10.2. The zero-order valence-electron chi connectivity index (χ0n) is 15.2. The topological polar surface area (TPSA) is 52.6 Å². The molecule has 1 aliphatic rings. The molecule has 2 aromatic rings. The molecule has 0 radical (unpaired) electrons. The largest absolute Gasteiger partial charge is 0.368 e. The third-order valence-corrected chi connectivity index (χ3v) is 4.88. The van der Waals surface area contributed by atoms with Gasteiger partial charge >= 0.3 is 0 Å². The van der Waals surface area contributed by atoms with Crippen LogP contribution in [0.2, 0.25) is 5.02 Å². The van der Waals surface area contributed by atoms with Gasteiger partial charge in [-0.25, -0.2) is 9.97 Å². The molecule has 138 valence electrons. The second kappa shape index (κ2) is 8.36. The average molecular weight is 374 g/mol. The van der Waals surface area contributed by atoms with Crippen LogP contribution in [0.15, 0.2) is 36.5 Å². The Balaban J connectivity index is 1.68. The maximum absolute atomic E-state index is 12.5. The van der Waals surface area contributed by atoms with E-state index in [1.807, 2.05) is 32.0 Å². The molecule has 6 nitrogen and oxygen atoms in total. The van der Waals surface area contributed by atoms with E-state index >= 15 is 0 Å². The van der Waals surface area contributed by atoms with Crippen molar-refractivity contribution < 1.29 is 4.79 Å². The zero-order chi connectivity index (χ0) is 18.5. The summed E-state index contributed by atoms with van der Waals surface area (Å²) in [7, 11) is 0. The number of aromatic nitrogens is 2. The summed E-state index contributed by atoms with van der Waals surface area (Å²) in [6, 6.07) is 9.59. The fourth-order valence-corrected chi connectivity index (χ4v) is 3.31. The lowest BCUT2D eigenvalue weighted by molar-refractivity contribution is 0.0767. The first-order valence-corrected chi connectivity index (χ1v) is 9.38. The lowest BCUT2D eigenvalue weighted by Gasteiger charge is -2.36. The van der Waals surface area contributed by atoms with Crippen molar-refractivity contribution >= 4 is 29.1 Å². The molecular weight excluding hydrogens is 350 g/mol. The lowest BCUT2D eigenvalue weighted by Crippen LogP contribution is -2.47. The molecule has 1 fully saturated rings. The van der Waals surface area contributed by atoms with Gasteiger partial charge < -0.3 is 14.7 Å². The highest BCUT2D eigenvalue weighted by atomic mass is 35.5. The van der Waals surface area contributed by atoms with Crippen LogP contribution in [0.1, 0.15) is 24.3 Å². The molecule has 0 unspecified atom stereocenters. The highest BCUT2D eigenvalue weighted by Crippen LogP contribution is 2.22. The van der Waals surface area contributed by atoms with Crippen molar-refractivity contribution in [3.8, 4) is 0 Å². The zero-order valence-corrected chi connectivity index (χ0v) is 16.0. The number of hydrogen-bond donors (Lipinski definition) is 0. The van der Waals surface area contributed by atoms with Crippen LogP contribution in [-0.4, -0.2) is 60.0 Å². The summed E-state index contributed by atoms with van der Waals surface area (Å²) in [5.41, 5.74) is 1.58. The fourth-order valence-electron chi connectivity index (χ4n) is 3.13. The van der Waals surface area contributed by atoms with Crippen molar-refractivity contribution in [3.05, 3.63) is 47.2 Å². The Morgan fingerprint density at radius 3 is 2.46 bits per heavy atom. The van der Waals surface area contributed by atoms with Crippen LogP contribution in [0.5, 0.6) is 0 Å². The number of hydrogen-bond acceptors (Lipinski definition) is 5. The first-order valence-electron chi connectivity index (χ1n) is 9.00. The average Bonchev–Trinajstić information content (AvgIpc) is 2.69. The van der Waals surface area contributed by atoms with Crippen molar-refractivity contribution in [2.24, 2.45) is 0 Å². The summed E-state index contributed by atoms with van der Waals surface area (Å²) >= 11 is 6.09. The summed E-state index contributed by atoms with van der Waals surface area (Å²) in [5.74, 6) is 0.574. The molecule has 7 heteroatoms. The second-order valence-corrected chi connectivity index (χ2v) is 6.61. The minimum atomic E-state index is -0.0452. The fraction of sp³-hybridized carbons (Fsp3) is 0.421. The predicted octanol–water partition coefficient (Wildman–Crippen LogP) is 2.94. The van der Waals surface area contributed by atoms with E-state index in [0.717, 1.165) is 36.9 Å². The Labute approximate surface area is 159 Å². The second-order valence-electron chi connectivity index (χ2n) is 6.17. The molecule has 0 bridgehead atoms. The van der Waals surface area contributed by atoms with Gasteiger partial charge in [0.15, 0.2) is 0 Å². The molecule has 0 atom stereocenters. The number of carbonyl (C=O) groups is 1. The first kappa shape index (κ1) is 18.5. The molecule has 0 N–H and O–H groups in total. The van der Waals surface area contributed by atoms with E-state index in [4.69, 9.17) is 11.6 Å². The quantitative estimate of drug-likeness (QED) is 0.806. The van der Waals surface area contributed by atoms with E-state index in [1.165, 1.54) is 0 Å². The third-order valence-electron chi connectivity index (χ3n) is 4.65. The van der Waals surface area contributed by atoms with Gasteiger partial charge in [0.25, 0.3) is 5.91 Å². The maximum Gasteiger partial charge on any atom is 0.272 e. The Morgan fingerprint density at radius 2 is 1.81 bits per heavy atom. The molecular formula is C19H24ClN5O. The number of carbonyl (C=O) groups excluding carboxylic acids is 1.